The van der Waals surface area contributed by atoms with Crippen LogP contribution in [0.25, 0.3) is 0 Å². The molecule has 0 aliphatic carbocycles. The minimum absolute atomic E-state index is 0. The summed E-state index contributed by atoms with van der Waals surface area (Å²) in [6.07, 6.45) is 5.52. The van der Waals surface area contributed by atoms with Gasteiger partial charge in [0.15, 0.2) is 0 Å². The van der Waals surface area contributed by atoms with Gasteiger partial charge in [-0.25, -0.2) is 0 Å². The number of ketones is 1. The topological polar surface area (TPSA) is 111 Å². The lowest BCUT2D eigenvalue weighted by Crippen LogP contribution is -2.33. The van der Waals surface area contributed by atoms with E-state index in [-0.39, 0.29) is 41.2 Å². The van der Waals surface area contributed by atoms with Gasteiger partial charge in [0.05, 0.1) is 25.7 Å². The Kier molecular flexibility index (Phi) is 15.6. The van der Waals surface area contributed by atoms with Gasteiger partial charge in [0.2, 0.25) is 0 Å². The third-order valence-electron chi connectivity index (χ3n) is 4.47. The molecule has 186 valence electrons. The number of Topliss-reactive ketones (excluding diaryl/α,β-unsaturated/α-hetero) is 1. The molecule has 0 saturated heterocycles. The normalized spacial score (nSPS) is 14.3. The minimum atomic E-state index is -0.496. The third-order valence-corrected chi connectivity index (χ3v) is 6.36. The molecular formula is C23H43N3O5S. The quantitative estimate of drug-likeness (QED) is 0.388. The highest BCUT2D eigenvalue weighted by Gasteiger charge is 2.33. The molecule has 1 aromatic heterocycles. The molecule has 1 N–H and O–H groups in total. The Bertz CT molecular complexity index is 689. The van der Waals surface area contributed by atoms with Crippen LogP contribution in [0.15, 0.2) is 6.20 Å². The van der Waals surface area contributed by atoms with E-state index in [1.165, 1.54) is 0 Å². The zero-order valence-corrected chi connectivity index (χ0v) is 22.1. The van der Waals surface area contributed by atoms with Gasteiger partial charge < -0.3 is 17.3 Å². The number of aromatic nitrogens is 3. The maximum atomic E-state index is 12.9. The number of aliphatic hydroxyl groups excluding tert-OH is 1. The van der Waals surface area contributed by atoms with E-state index in [2.05, 4.69) is 37.3 Å². The second-order valence-corrected chi connectivity index (χ2v) is 12.5. The first-order valence-corrected chi connectivity index (χ1v) is 12.4. The van der Waals surface area contributed by atoms with Crippen LogP contribution >= 0.6 is 0 Å². The molecule has 0 aliphatic rings. The molecule has 1 aromatic rings. The molecule has 0 saturated carbocycles. The molecule has 0 amide bonds. The predicted molar refractivity (Wildman–Crippen MR) is 128 cm³/mol. The molecule has 9 heteroatoms. The zero-order valence-electron chi connectivity index (χ0n) is 21.3. The Labute approximate surface area is 196 Å². The fourth-order valence-electron chi connectivity index (χ4n) is 3.24. The number of carbonyl (C=O) groups excluding carboxylic acids is 3. The van der Waals surface area contributed by atoms with Crippen LogP contribution in [0.4, 0.5) is 0 Å². The van der Waals surface area contributed by atoms with Crippen LogP contribution in [-0.2, 0) is 43.7 Å². The van der Waals surface area contributed by atoms with Crippen molar-refractivity contribution < 1.29 is 24.2 Å². The molecule has 0 aromatic carbocycles. The SMILES string of the molecule is Cn1cc(COCC(O)C[S+](C)CC[C@H](CC(C)(C)C)C(=O)C(C)(C)C)nn1.O=C=O.[CH3-]. The summed E-state index contributed by atoms with van der Waals surface area (Å²) < 4.78 is 7.18. The van der Waals surface area contributed by atoms with Crippen LogP contribution in [0, 0.1) is 24.2 Å². The van der Waals surface area contributed by atoms with Gasteiger partial charge in [0.25, 0.3) is 0 Å². The summed E-state index contributed by atoms with van der Waals surface area (Å²) in [6.45, 7) is 13.3. The first-order valence-electron chi connectivity index (χ1n) is 10.4. The van der Waals surface area contributed by atoms with Gasteiger partial charge in [-0.1, -0.05) is 46.8 Å². The van der Waals surface area contributed by atoms with Crippen molar-refractivity contribution in [2.75, 3.05) is 24.4 Å². The number of aryl methyl sites for hydroxylation is 1. The van der Waals surface area contributed by atoms with E-state index < -0.39 is 6.10 Å². The van der Waals surface area contributed by atoms with Gasteiger partial charge in [0.1, 0.15) is 29.1 Å². The first kappa shape index (κ1) is 32.6. The van der Waals surface area contributed by atoms with Gasteiger partial charge in [-0.2, -0.15) is 9.59 Å². The fraction of sp³-hybridized carbons (Fsp3) is 0.783. The molecule has 0 spiro atoms. The molecule has 2 unspecified atom stereocenters. The maximum Gasteiger partial charge on any atom is 0.373 e. The predicted octanol–water partition coefficient (Wildman–Crippen LogP) is 2.87. The van der Waals surface area contributed by atoms with Crippen molar-refractivity contribution >= 4 is 22.8 Å². The van der Waals surface area contributed by atoms with E-state index in [4.69, 9.17) is 14.3 Å². The molecule has 0 aliphatic heterocycles. The van der Waals surface area contributed by atoms with Crippen molar-refractivity contribution in [1.82, 2.24) is 15.0 Å². The smallest absolute Gasteiger partial charge is 0.373 e. The second kappa shape index (κ2) is 15.3. The summed E-state index contributed by atoms with van der Waals surface area (Å²) >= 11 is 0. The number of aliphatic hydroxyl groups is 1. The molecular weight excluding hydrogens is 430 g/mol. The second-order valence-electron chi connectivity index (χ2n) is 10.2. The highest BCUT2D eigenvalue weighted by molar-refractivity contribution is 7.96. The lowest BCUT2D eigenvalue weighted by Gasteiger charge is -2.29. The summed E-state index contributed by atoms with van der Waals surface area (Å²) in [5.74, 6) is 2.10. The largest absolute Gasteiger partial charge is 0.386 e. The van der Waals surface area contributed by atoms with Crippen LogP contribution in [0.3, 0.4) is 0 Å². The standard InChI is InChI=1S/C21H40N3O3S.CO2.CH3/c1-20(2,3)11-16(19(26)21(4,5)6)9-10-28(8)15-18(25)14-27-13-17-12-24(7)23-22-17;2-1-3;/h12,16,18,25H,9-11,13-15H2,1-8H3;;1H3/q+1;;-1/t16-,18?,28?;;/m1../s1. The van der Waals surface area contributed by atoms with E-state index in [0.717, 1.165) is 24.3 Å². The van der Waals surface area contributed by atoms with Crippen LogP contribution < -0.4 is 0 Å². The average molecular weight is 474 g/mol. The zero-order chi connectivity index (χ0) is 24.2. The minimum Gasteiger partial charge on any atom is -0.386 e. The highest BCUT2D eigenvalue weighted by Crippen LogP contribution is 2.32. The van der Waals surface area contributed by atoms with Gasteiger partial charge >= 0.3 is 6.15 Å². The number of ether oxygens (including phenoxy) is 1. The van der Waals surface area contributed by atoms with E-state index in [0.29, 0.717) is 24.7 Å². The summed E-state index contributed by atoms with van der Waals surface area (Å²) in [5, 5.41) is 18.1. The van der Waals surface area contributed by atoms with Crippen molar-refractivity contribution in [3.8, 4) is 0 Å². The molecule has 1 rings (SSSR count). The van der Waals surface area contributed by atoms with Crippen molar-refractivity contribution in [3.05, 3.63) is 19.3 Å². The van der Waals surface area contributed by atoms with Gasteiger partial charge in [-0.15, -0.1) is 5.10 Å². The van der Waals surface area contributed by atoms with E-state index in [9.17, 15) is 9.90 Å². The van der Waals surface area contributed by atoms with E-state index >= 15 is 0 Å². The molecule has 3 atom stereocenters. The fourth-order valence-corrected chi connectivity index (χ4v) is 4.85. The number of hydrogen-bond acceptors (Lipinski definition) is 7. The van der Waals surface area contributed by atoms with Crippen molar-refractivity contribution in [2.45, 2.75) is 67.1 Å². The number of hydrogen-bond donors (Lipinski definition) is 1. The Balaban J connectivity index is 0. The third kappa shape index (κ3) is 15.3. The van der Waals surface area contributed by atoms with E-state index in [1.807, 2.05) is 27.8 Å². The molecule has 0 radical (unpaired) electrons. The van der Waals surface area contributed by atoms with Crippen molar-refractivity contribution in [2.24, 2.45) is 23.8 Å². The van der Waals surface area contributed by atoms with Crippen LogP contribution in [0.1, 0.15) is 60.1 Å². The first-order chi connectivity index (χ1) is 14.2. The lowest BCUT2D eigenvalue weighted by atomic mass is 9.75. The molecule has 32 heavy (non-hydrogen) atoms. The van der Waals surface area contributed by atoms with Gasteiger partial charge in [-0.3, -0.25) is 9.48 Å². The number of nitrogens with zero attached hydrogens (tertiary/aromatic N) is 3. The summed E-state index contributed by atoms with van der Waals surface area (Å²) in [5.41, 5.74) is 0.581. The Hall–Kier alpha value is -1.54. The van der Waals surface area contributed by atoms with Crippen LogP contribution in [-0.4, -0.2) is 62.5 Å². The van der Waals surface area contributed by atoms with Crippen LogP contribution in [0.5, 0.6) is 0 Å². The molecule has 0 fully saturated rings. The maximum absolute atomic E-state index is 12.9. The Morgan fingerprint density at radius 2 is 1.81 bits per heavy atom. The summed E-state index contributed by atoms with van der Waals surface area (Å²) in [6, 6.07) is 0. The molecule has 1 heterocycles. The molecule has 8 nitrogen and oxygen atoms in total. The number of rotatable bonds is 11. The monoisotopic (exact) mass is 473 g/mol. The van der Waals surface area contributed by atoms with Crippen molar-refractivity contribution in [3.63, 3.8) is 0 Å². The Morgan fingerprint density at radius 3 is 2.25 bits per heavy atom. The highest BCUT2D eigenvalue weighted by atomic mass is 32.2. The number of carbonyl (C=O) groups is 1. The Morgan fingerprint density at radius 1 is 1.25 bits per heavy atom. The van der Waals surface area contributed by atoms with Crippen LogP contribution in [0.2, 0.25) is 0 Å². The lowest BCUT2D eigenvalue weighted by molar-refractivity contribution is -0.191. The van der Waals surface area contributed by atoms with Crippen molar-refractivity contribution in [1.29, 1.82) is 0 Å². The summed E-state index contributed by atoms with van der Waals surface area (Å²) in [4.78, 5) is 29.1. The van der Waals surface area contributed by atoms with Gasteiger partial charge in [-0.05, 0) is 22.7 Å². The average Bonchev–Trinajstić information content (AvgIpc) is 3.02. The van der Waals surface area contributed by atoms with Gasteiger partial charge in [0, 0.05) is 24.8 Å². The molecule has 0 bridgehead atoms. The van der Waals surface area contributed by atoms with E-state index in [1.54, 1.807) is 10.9 Å². The summed E-state index contributed by atoms with van der Waals surface area (Å²) in [7, 11) is 1.86.